The van der Waals surface area contributed by atoms with Crippen LogP contribution in [0, 0.1) is 5.92 Å². The molecule has 1 heterocycles. The van der Waals surface area contributed by atoms with Gasteiger partial charge in [0, 0.05) is 16.0 Å². The van der Waals surface area contributed by atoms with E-state index in [4.69, 9.17) is 14.2 Å². The standard InChI is InChI=1S/C32H27BrO5/c1-36-26-19-15-24(16-20-26)32(31(35)37-2)28(21-9-5-3-6-10-21)27(29(34)22-11-7-4-8-12-22)30(38-32)23-13-17-25(33)18-14-23/h3-20,27-28,30H,1-2H3/t27-,28+,30-,32-/m1/s1. The maximum absolute atomic E-state index is 14.4. The number of carbonyl (C=O) groups is 2. The lowest BCUT2D eigenvalue weighted by molar-refractivity contribution is -0.171. The van der Waals surface area contributed by atoms with Gasteiger partial charge in [0.25, 0.3) is 0 Å². The highest BCUT2D eigenvalue weighted by Crippen LogP contribution is 2.59. The Morgan fingerprint density at radius 3 is 1.95 bits per heavy atom. The predicted molar refractivity (Wildman–Crippen MR) is 148 cm³/mol. The molecule has 1 fully saturated rings. The second-order valence-corrected chi connectivity index (χ2v) is 10.1. The lowest BCUT2D eigenvalue weighted by Crippen LogP contribution is -2.42. The number of halogens is 1. The summed E-state index contributed by atoms with van der Waals surface area (Å²) >= 11 is 3.50. The molecule has 1 aliphatic rings. The van der Waals surface area contributed by atoms with Gasteiger partial charge in [-0.1, -0.05) is 101 Å². The van der Waals surface area contributed by atoms with Gasteiger partial charge in [0.1, 0.15) is 5.75 Å². The van der Waals surface area contributed by atoms with Crippen molar-refractivity contribution in [1.29, 1.82) is 0 Å². The van der Waals surface area contributed by atoms with Crippen molar-refractivity contribution >= 4 is 27.7 Å². The second kappa shape index (κ2) is 10.9. The molecule has 1 saturated heterocycles. The number of ether oxygens (including phenoxy) is 3. The zero-order valence-corrected chi connectivity index (χ0v) is 22.6. The predicted octanol–water partition coefficient (Wildman–Crippen LogP) is 6.88. The van der Waals surface area contributed by atoms with Gasteiger partial charge in [0.15, 0.2) is 11.4 Å². The molecule has 1 aliphatic heterocycles. The number of hydrogen-bond acceptors (Lipinski definition) is 5. The molecule has 5 rings (SSSR count). The van der Waals surface area contributed by atoms with Crippen LogP contribution in [0.3, 0.4) is 0 Å². The van der Waals surface area contributed by atoms with Crippen LogP contribution in [0.25, 0.3) is 0 Å². The van der Waals surface area contributed by atoms with Crippen molar-refractivity contribution in [2.24, 2.45) is 5.92 Å². The fraction of sp³-hybridized carbons (Fsp3) is 0.188. The summed E-state index contributed by atoms with van der Waals surface area (Å²) < 4.78 is 18.5. The minimum atomic E-state index is -1.59. The zero-order chi connectivity index (χ0) is 26.7. The normalized spacial score (nSPS) is 22.6. The quantitative estimate of drug-likeness (QED) is 0.179. The third-order valence-corrected chi connectivity index (χ3v) is 7.69. The number of Topliss-reactive ketones (excluding diaryl/α,β-unsaturated/α-hetero) is 1. The Morgan fingerprint density at radius 1 is 0.763 bits per heavy atom. The van der Waals surface area contributed by atoms with Gasteiger partial charge in [-0.2, -0.15) is 0 Å². The number of benzene rings is 4. The summed E-state index contributed by atoms with van der Waals surface area (Å²) in [6.45, 7) is 0. The fourth-order valence-electron chi connectivity index (χ4n) is 5.42. The van der Waals surface area contributed by atoms with Crippen LogP contribution in [-0.4, -0.2) is 26.0 Å². The van der Waals surface area contributed by atoms with E-state index in [-0.39, 0.29) is 5.78 Å². The first-order valence-electron chi connectivity index (χ1n) is 12.3. The third kappa shape index (κ3) is 4.55. The maximum Gasteiger partial charge on any atom is 0.343 e. The molecular formula is C32H27BrO5. The topological polar surface area (TPSA) is 61.8 Å². The summed E-state index contributed by atoms with van der Waals surface area (Å²) in [5.41, 5.74) is 1.16. The van der Waals surface area contributed by atoms with Gasteiger partial charge in [-0.05, 0) is 41.0 Å². The first kappa shape index (κ1) is 25.9. The van der Waals surface area contributed by atoms with Crippen LogP contribution >= 0.6 is 15.9 Å². The molecule has 4 aromatic rings. The minimum Gasteiger partial charge on any atom is -0.497 e. The van der Waals surface area contributed by atoms with Crippen molar-refractivity contribution in [1.82, 2.24) is 0 Å². The average molecular weight is 571 g/mol. The summed E-state index contributed by atoms with van der Waals surface area (Å²) in [4.78, 5) is 28.3. The SMILES string of the molecule is COC(=O)[C@]1(c2ccc(OC)cc2)O[C@H](c2ccc(Br)cc2)[C@@H](C(=O)c2ccccc2)[C@@H]1c1ccccc1. The second-order valence-electron chi connectivity index (χ2n) is 9.19. The Morgan fingerprint density at radius 2 is 1.37 bits per heavy atom. The molecule has 5 nitrogen and oxygen atoms in total. The third-order valence-electron chi connectivity index (χ3n) is 7.16. The highest BCUT2D eigenvalue weighted by molar-refractivity contribution is 9.10. The molecule has 38 heavy (non-hydrogen) atoms. The summed E-state index contributed by atoms with van der Waals surface area (Å²) in [5.74, 6) is -1.42. The van der Waals surface area contributed by atoms with Crippen LogP contribution in [0.1, 0.15) is 39.1 Å². The molecular weight excluding hydrogens is 544 g/mol. The molecule has 0 unspecified atom stereocenters. The lowest BCUT2D eigenvalue weighted by atomic mass is 9.69. The van der Waals surface area contributed by atoms with E-state index >= 15 is 0 Å². The molecule has 0 N–H and O–H groups in total. The van der Waals surface area contributed by atoms with E-state index in [1.165, 1.54) is 7.11 Å². The summed E-state index contributed by atoms with van der Waals surface area (Å²) in [6, 6.07) is 33.6. The molecule has 192 valence electrons. The molecule has 0 aliphatic carbocycles. The highest BCUT2D eigenvalue weighted by Gasteiger charge is 2.63. The Balaban J connectivity index is 1.80. The molecule has 4 aromatic carbocycles. The van der Waals surface area contributed by atoms with Crippen LogP contribution in [0.2, 0.25) is 0 Å². The Bertz CT molecular complexity index is 1400. The van der Waals surface area contributed by atoms with Gasteiger partial charge >= 0.3 is 5.97 Å². The maximum atomic E-state index is 14.4. The van der Waals surface area contributed by atoms with Crippen LogP contribution in [0.4, 0.5) is 0 Å². The van der Waals surface area contributed by atoms with Crippen molar-refractivity contribution in [2.75, 3.05) is 14.2 Å². The van der Waals surface area contributed by atoms with Crippen molar-refractivity contribution in [3.05, 3.63) is 136 Å². The van der Waals surface area contributed by atoms with E-state index < -0.39 is 29.5 Å². The Labute approximate surface area is 230 Å². The molecule has 0 spiro atoms. The Kier molecular flexibility index (Phi) is 7.45. The van der Waals surface area contributed by atoms with Gasteiger partial charge in [0.05, 0.1) is 26.2 Å². The molecule has 0 amide bonds. The van der Waals surface area contributed by atoms with Gasteiger partial charge in [-0.3, -0.25) is 4.79 Å². The molecule has 4 atom stereocenters. The zero-order valence-electron chi connectivity index (χ0n) is 21.0. The van der Waals surface area contributed by atoms with Crippen molar-refractivity contribution in [3.63, 3.8) is 0 Å². The summed E-state index contributed by atoms with van der Waals surface area (Å²) in [7, 11) is 2.93. The molecule has 0 aromatic heterocycles. The number of esters is 1. The van der Waals surface area contributed by atoms with E-state index in [1.54, 1.807) is 43.5 Å². The first-order valence-corrected chi connectivity index (χ1v) is 13.1. The average Bonchev–Trinajstić information content (AvgIpc) is 3.34. The molecule has 0 radical (unpaired) electrons. The van der Waals surface area contributed by atoms with E-state index in [1.807, 2.05) is 72.8 Å². The van der Waals surface area contributed by atoms with E-state index in [0.29, 0.717) is 16.9 Å². The number of ketones is 1. The molecule has 6 heteroatoms. The Hall–Kier alpha value is -3.74. The minimum absolute atomic E-state index is 0.105. The number of hydrogen-bond donors (Lipinski definition) is 0. The van der Waals surface area contributed by atoms with E-state index in [0.717, 1.165) is 15.6 Å². The van der Waals surface area contributed by atoms with Crippen molar-refractivity contribution < 1.29 is 23.8 Å². The van der Waals surface area contributed by atoms with Crippen molar-refractivity contribution in [2.45, 2.75) is 17.6 Å². The summed E-state index contributed by atoms with van der Waals surface area (Å²) in [6.07, 6.45) is -0.720. The monoisotopic (exact) mass is 570 g/mol. The van der Waals surface area contributed by atoms with Crippen LogP contribution in [0.5, 0.6) is 5.75 Å². The van der Waals surface area contributed by atoms with Crippen molar-refractivity contribution in [3.8, 4) is 5.75 Å². The number of methoxy groups -OCH3 is 2. The lowest BCUT2D eigenvalue weighted by Gasteiger charge is -2.34. The van der Waals surface area contributed by atoms with E-state index in [2.05, 4.69) is 15.9 Å². The molecule has 0 bridgehead atoms. The number of rotatable bonds is 7. The van der Waals surface area contributed by atoms with Crippen LogP contribution in [0.15, 0.2) is 114 Å². The fourth-order valence-corrected chi connectivity index (χ4v) is 5.68. The van der Waals surface area contributed by atoms with Gasteiger partial charge < -0.3 is 14.2 Å². The molecule has 0 saturated carbocycles. The smallest absolute Gasteiger partial charge is 0.343 e. The van der Waals surface area contributed by atoms with Gasteiger partial charge in [-0.25, -0.2) is 4.79 Å². The first-order chi connectivity index (χ1) is 18.5. The highest BCUT2D eigenvalue weighted by atomic mass is 79.9. The number of carbonyl (C=O) groups excluding carboxylic acids is 2. The van der Waals surface area contributed by atoms with Crippen LogP contribution in [-0.2, 0) is 19.9 Å². The van der Waals surface area contributed by atoms with Crippen LogP contribution < -0.4 is 4.74 Å². The van der Waals surface area contributed by atoms with E-state index in [9.17, 15) is 9.59 Å². The summed E-state index contributed by atoms with van der Waals surface area (Å²) in [5, 5.41) is 0. The van der Waals surface area contributed by atoms with Gasteiger partial charge in [-0.15, -0.1) is 0 Å². The largest absolute Gasteiger partial charge is 0.497 e. The van der Waals surface area contributed by atoms with Gasteiger partial charge in [0.2, 0.25) is 0 Å².